The normalized spacial score (nSPS) is 10.7. The first kappa shape index (κ1) is 17.5. The van der Waals surface area contributed by atoms with E-state index >= 15 is 0 Å². The lowest BCUT2D eigenvalue weighted by Gasteiger charge is -2.02. The third-order valence-corrected chi connectivity index (χ3v) is 3.76. The van der Waals surface area contributed by atoms with E-state index in [9.17, 15) is 0 Å². The Morgan fingerprint density at radius 1 is 0.913 bits per heavy atom. The van der Waals surface area contributed by atoms with Crippen molar-refractivity contribution in [1.82, 2.24) is 0 Å². The van der Waals surface area contributed by atoms with Crippen molar-refractivity contribution >= 4 is 23.1 Å². The maximum Gasteiger partial charge on any atom is 0.212 e. The van der Waals surface area contributed by atoms with Crippen molar-refractivity contribution in [3.63, 3.8) is 0 Å². The summed E-state index contributed by atoms with van der Waals surface area (Å²) in [7, 11) is 2.10. The van der Waals surface area contributed by atoms with E-state index in [1.54, 1.807) is 0 Å². The highest BCUT2D eigenvalue weighted by Gasteiger charge is 2.07. The number of aromatic nitrogens is 1. The number of fused-ring (bicyclic) bond motifs is 1. The minimum Gasteiger partial charge on any atom is -1.00 e. The molecular formula is C20H20INO. The van der Waals surface area contributed by atoms with Crippen LogP contribution in [0.2, 0.25) is 0 Å². The molecule has 1 aromatic heterocycles. The number of aryl methyl sites for hydroxylation is 1. The molecule has 0 radical (unpaired) electrons. The van der Waals surface area contributed by atoms with Gasteiger partial charge in [-0.3, -0.25) is 0 Å². The molecule has 0 atom stereocenters. The Morgan fingerprint density at radius 2 is 1.65 bits per heavy atom. The zero-order valence-corrected chi connectivity index (χ0v) is 15.5. The van der Waals surface area contributed by atoms with Gasteiger partial charge < -0.3 is 28.7 Å². The molecule has 0 unspecified atom stereocenters. The van der Waals surface area contributed by atoms with Crippen LogP contribution in [-0.2, 0) is 7.05 Å². The first-order valence-electron chi connectivity index (χ1n) is 7.56. The van der Waals surface area contributed by atoms with Crippen molar-refractivity contribution in [2.24, 2.45) is 7.05 Å². The van der Waals surface area contributed by atoms with Crippen LogP contribution in [0.1, 0.15) is 18.2 Å². The first-order valence-corrected chi connectivity index (χ1v) is 7.56. The lowest BCUT2D eigenvalue weighted by Crippen LogP contribution is -3.00. The molecule has 0 fully saturated rings. The number of rotatable bonds is 4. The van der Waals surface area contributed by atoms with Gasteiger partial charge in [0.2, 0.25) is 11.2 Å². The van der Waals surface area contributed by atoms with E-state index in [0.29, 0.717) is 6.61 Å². The quantitative estimate of drug-likeness (QED) is 0.460. The van der Waals surface area contributed by atoms with Crippen molar-refractivity contribution in [3.8, 4) is 5.75 Å². The summed E-state index contributed by atoms with van der Waals surface area (Å²) >= 11 is 0. The number of nitrogens with zero attached hydrogens (tertiary/aromatic N) is 1. The molecule has 0 aliphatic heterocycles. The second kappa shape index (κ2) is 8.11. The second-order valence-corrected chi connectivity index (χ2v) is 5.21. The first-order chi connectivity index (χ1) is 10.8. The van der Waals surface area contributed by atoms with E-state index in [2.05, 4.69) is 72.3 Å². The van der Waals surface area contributed by atoms with Crippen LogP contribution in [0.25, 0.3) is 23.1 Å². The Morgan fingerprint density at radius 3 is 2.39 bits per heavy atom. The molecule has 3 aromatic rings. The Labute approximate surface area is 154 Å². The number of pyridine rings is 1. The largest absolute Gasteiger partial charge is 1.00 e. The fourth-order valence-electron chi connectivity index (χ4n) is 2.55. The summed E-state index contributed by atoms with van der Waals surface area (Å²) in [6.07, 6.45) is 4.27. The van der Waals surface area contributed by atoms with Gasteiger partial charge in [0.1, 0.15) is 12.8 Å². The van der Waals surface area contributed by atoms with Crippen LogP contribution in [0.15, 0.2) is 60.7 Å². The highest BCUT2D eigenvalue weighted by Crippen LogP contribution is 2.15. The minimum atomic E-state index is 0. The van der Waals surface area contributed by atoms with E-state index in [1.165, 1.54) is 16.6 Å². The third-order valence-electron chi connectivity index (χ3n) is 3.76. The zero-order valence-electron chi connectivity index (χ0n) is 13.4. The average molecular weight is 417 g/mol. The Balaban J connectivity index is 0.00000192. The van der Waals surface area contributed by atoms with Crippen molar-refractivity contribution in [3.05, 3.63) is 71.9 Å². The molecule has 0 saturated carbocycles. The number of hydrogen-bond donors (Lipinski definition) is 0. The topological polar surface area (TPSA) is 13.1 Å². The average Bonchev–Trinajstić information content (AvgIpc) is 2.56. The standard InChI is InChI=1S/C20H20NO.HI/c1-3-22-19-14-9-16(10-15-19)8-12-18-13-11-17-6-4-5-7-20(17)21(18)2;/h4-15H,3H2,1-2H3;1H/q+1;/p-1/b12-8+;. The SMILES string of the molecule is CCOc1ccc(/C=C/c2ccc3ccccc3[n+]2C)cc1.[I-]. The van der Waals surface area contributed by atoms with Gasteiger partial charge in [0.05, 0.1) is 6.61 Å². The fraction of sp³-hybridized carbons (Fsp3) is 0.150. The summed E-state index contributed by atoms with van der Waals surface area (Å²) in [6.45, 7) is 2.69. The highest BCUT2D eigenvalue weighted by molar-refractivity contribution is 5.77. The molecule has 3 rings (SSSR count). The molecule has 2 nitrogen and oxygen atoms in total. The number of ether oxygens (including phenoxy) is 1. The van der Waals surface area contributed by atoms with E-state index in [0.717, 1.165) is 11.3 Å². The maximum absolute atomic E-state index is 5.46. The van der Waals surface area contributed by atoms with Gasteiger partial charge in [-0.25, -0.2) is 0 Å². The fourth-order valence-corrected chi connectivity index (χ4v) is 2.55. The van der Waals surface area contributed by atoms with Crippen LogP contribution in [0.3, 0.4) is 0 Å². The summed E-state index contributed by atoms with van der Waals surface area (Å²) < 4.78 is 7.67. The van der Waals surface area contributed by atoms with Gasteiger partial charge in [-0.1, -0.05) is 24.3 Å². The molecule has 3 heteroatoms. The minimum absolute atomic E-state index is 0. The molecule has 23 heavy (non-hydrogen) atoms. The smallest absolute Gasteiger partial charge is 0.212 e. The van der Waals surface area contributed by atoms with Crippen LogP contribution in [-0.4, -0.2) is 6.61 Å². The number of halogens is 1. The molecule has 0 saturated heterocycles. The van der Waals surface area contributed by atoms with E-state index < -0.39 is 0 Å². The molecular weight excluding hydrogens is 397 g/mol. The summed E-state index contributed by atoms with van der Waals surface area (Å²) in [5.41, 5.74) is 3.57. The highest BCUT2D eigenvalue weighted by atomic mass is 127. The molecule has 0 spiro atoms. The molecule has 0 aliphatic carbocycles. The zero-order chi connectivity index (χ0) is 15.4. The number of para-hydroxylation sites is 1. The lowest BCUT2D eigenvalue weighted by molar-refractivity contribution is -0.646. The molecule has 0 amide bonds. The predicted molar refractivity (Wildman–Crippen MR) is 91.7 cm³/mol. The van der Waals surface area contributed by atoms with Gasteiger partial charge >= 0.3 is 0 Å². The summed E-state index contributed by atoms with van der Waals surface area (Å²) in [5, 5.41) is 1.25. The molecule has 0 aliphatic rings. The van der Waals surface area contributed by atoms with Crippen molar-refractivity contribution in [2.75, 3.05) is 6.61 Å². The molecule has 0 bridgehead atoms. The van der Waals surface area contributed by atoms with Gasteiger partial charge in [0.15, 0.2) is 0 Å². The summed E-state index contributed by atoms with van der Waals surface area (Å²) in [4.78, 5) is 0. The van der Waals surface area contributed by atoms with Crippen molar-refractivity contribution < 1.29 is 33.3 Å². The Hall–Kier alpha value is -1.88. The third kappa shape index (κ3) is 4.10. The van der Waals surface area contributed by atoms with Crippen LogP contribution in [0, 0.1) is 0 Å². The maximum atomic E-state index is 5.46. The van der Waals surface area contributed by atoms with E-state index in [1.807, 2.05) is 19.1 Å². The van der Waals surface area contributed by atoms with E-state index in [-0.39, 0.29) is 24.0 Å². The van der Waals surface area contributed by atoms with Gasteiger partial charge in [-0.05, 0) is 42.8 Å². The Kier molecular flexibility index (Phi) is 6.16. The summed E-state index contributed by atoms with van der Waals surface area (Å²) in [5.74, 6) is 0.913. The molecule has 0 N–H and O–H groups in total. The summed E-state index contributed by atoms with van der Waals surface area (Å²) in [6, 6.07) is 20.9. The van der Waals surface area contributed by atoms with Crippen LogP contribution >= 0.6 is 0 Å². The molecule has 1 heterocycles. The van der Waals surface area contributed by atoms with Gasteiger partial charge in [0, 0.05) is 23.6 Å². The van der Waals surface area contributed by atoms with Crippen LogP contribution < -0.4 is 33.3 Å². The second-order valence-electron chi connectivity index (χ2n) is 5.21. The van der Waals surface area contributed by atoms with Crippen LogP contribution in [0.4, 0.5) is 0 Å². The molecule has 2 aromatic carbocycles. The van der Waals surface area contributed by atoms with Gasteiger partial charge in [-0.15, -0.1) is 0 Å². The van der Waals surface area contributed by atoms with Crippen molar-refractivity contribution in [2.45, 2.75) is 6.92 Å². The predicted octanol–water partition coefficient (Wildman–Crippen LogP) is 1.24. The van der Waals surface area contributed by atoms with Gasteiger partial charge in [-0.2, -0.15) is 4.57 Å². The number of hydrogen-bond acceptors (Lipinski definition) is 1. The van der Waals surface area contributed by atoms with Crippen LogP contribution in [0.5, 0.6) is 5.75 Å². The molecule has 118 valence electrons. The number of benzene rings is 2. The monoisotopic (exact) mass is 417 g/mol. The van der Waals surface area contributed by atoms with Gasteiger partial charge in [0.25, 0.3) is 0 Å². The lowest BCUT2D eigenvalue weighted by atomic mass is 10.1. The Bertz CT molecular complexity index is 809. The van der Waals surface area contributed by atoms with Crippen molar-refractivity contribution in [1.29, 1.82) is 0 Å². The van der Waals surface area contributed by atoms with E-state index in [4.69, 9.17) is 4.74 Å².